The van der Waals surface area contributed by atoms with Crippen LogP contribution in [0.4, 0.5) is 0 Å². The normalized spacial score (nSPS) is 22.9. The molecule has 1 N–H and O–H groups in total. The molecule has 1 aromatic rings. The molecule has 3 rings (SSSR count). The van der Waals surface area contributed by atoms with E-state index in [0.29, 0.717) is 17.4 Å². The second-order valence-corrected chi connectivity index (χ2v) is 7.24. The molecule has 1 aromatic heterocycles. The lowest BCUT2D eigenvalue weighted by Crippen LogP contribution is -2.53. The number of halogens is 1. The summed E-state index contributed by atoms with van der Waals surface area (Å²) in [5.74, 6) is 0.358. The number of hydrogen-bond acceptors (Lipinski definition) is 3. The SMILES string of the molecule is CC(Cc1ccsc1)N1CC2(CCNCC2)CCC1=O.Cl. The van der Waals surface area contributed by atoms with Crippen LogP contribution in [0.15, 0.2) is 16.8 Å². The van der Waals surface area contributed by atoms with E-state index in [0.717, 1.165) is 38.9 Å². The summed E-state index contributed by atoms with van der Waals surface area (Å²) in [6.07, 6.45) is 5.27. The quantitative estimate of drug-likeness (QED) is 0.924. The van der Waals surface area contributed by atoms with Gasteiger partial charge in [0, 0.05) is 19.0 Å². The predicted molar refractivity (Wildman–Crippen MR) is 90.2 cm³/mol. The maximum atomic E-state index is 12.3. The predicted octanol–water partition coefficient (Wildman–Crippen LogP) is 3.09. The fourth-order valence-corrected chi connectivity index (χ4v) is 4.35. The first-order chi connectivity index (χ1) is 9.69. The molecule has 21 heavy (non-hydrogen) atoms. The van der Waals surface area contributed by atoms with Gasteiger partial charge in [-0.15, -0.1) is 12.4 Å². The van der Waals surface area contributed by atoms with Gasteiger partial charge in [-0.25, -0.2) is 0 Å². The van der Waals surface area contributed by atoms with Gasteiger partial charge in [-0.2, -0.15) is 11.3 Å². The van der Waals surface area contributed by atoms with Crippen LogP contribution in [-0.4, -0.2) is 36.5 Å². The Morgan fingerprint density at radius 3 is 2.81 bits per heavy atom. The van der Waals surface area contributed by atoms with E-state index in [9.17, 15) is 4.79 Å². The van der Waals surface area contributed by atoms with E-state index in [1.165, 1.54) is 18.4 Å². The Labute approximate surface area is 137 Å². The van der Waals surface area contributed by atoms with Gasteiger partial charge in [-0.1, -0.05) is 0 Å². The van der Waals surface area contributed by atoms with Crippen molar-refractivity contribution < 1.29 is 4.79 Å². The van der Waals surface area contributed by atoms with E-state index in [-0.39, 0.29) is 12.4 Å². The van der Waals surface area contributed by atoms with E-state index in [2.05, 4.69) is 34.0 Å². The summed E-state index contributed by atoms with van der Waals surface area (Å²) < 4.78 is 0. The third-order valence-corrected chi connectivity index (χ3v) is 5.73. The van der Waals surface area contributed by atoms with Crippen LogP contribution in [0.5, 0.6) is 0 Å². The number of nitrogens with one attached hydrogen (secondary N) is 1. The molecular formula is C16H25ClN2OS. The molecule has 2 fully saturated rings. The number of amides is 1. The maximum absolute atomic E-state index is 12.3. The van der Waals surface area contributed by atoms with Crippen LogP contribution in [0.1, 0.15) is 38.2 Å². The topological polar surface area (TPSA) is 32.3 Å². The Morgan fingerprint density at radius 2 is 2.14 bits per heavy atom. The first kappa shape index (κ1) is 16.8. The summed E-state index contributed by atoms with van der Waals surface area (Å²) in [6, 6.07) is 2.50. The van der Waals surface area contributed by atoms with Crippen molar-refractivity contribution in [2.75, 3.05) is 19.6 Å². The molecule has 118 valence electrons. The van der Waals surface area contributed by atoms with Gasteiger partial charge < -0.3 is 10.2 Å². The minimum absolute atomic E-state index is 0. The van der Waals surface area contributed by atoms with Gasteiger partial charge in [0.15, 0.2) is 0 Å². The highest BCUT2D eigenvalue weighted by molar-refractivity contribution is 7.07. The molecule has 1 unspecified atom stereocenters. The highest BCUT2D eigenvalue weighted by Crippen LogP contribution is 2.39. The number of piperidine rings is 2. The highest BCUT2D eigenvalue weighted by Gasteiger charge is 2.40. The van der Waals surface area contributed by atoms with Gasteiger partial charge >= 0.3 is 0 Å². The molecule has 1 spiro atoms. The smallest absolute Gasteiger partial charge is 0.222 e. The second-order valence-electron chi connectivity index (χ2n) is 6.46. The van der Waals surface area contributed by atoms with Crippen LogP contribution in [0.2, 0.25) is 0 Å². The molecule has 0 aliphatic carbocycles. The van der Waals surface area contributed by atoms with E-state index in [4.69, 9.17) is 0 Å². The summed E-state index contributed by atoms with van der Waals surface area (Å²) in [5.41, 5.74) is 1.75. The largest absolute Gasteiger partial charge is 0.339 e. The first-order valence-corrected chi connectivity index (χ1v) is 8.64. The van der Waals surface area contributed by atoms with Gasteiger partial charge in [0.1, 0.15) is 0 Å². The monoisotopic (exact) mass is 328 g/mol. The summed E-state index contributed by atoms with van der Waals surface area (Å²) >= 11 is 1.74. The number of rotatable bonds is 3. The van der Waals surface area contributed by atoms with Crippen molar-refractivity contribution >= 4 is 29.7 Å². The number of thiophene rings is 1. The molecule has 0 saturated carbocycles. The number of nitrogens with zero attached hydrogens (tertiary/aromatic N) is 1. The molecule has 0 radical (unpaired) electrons. The minimum Gasteiger partial charge on any atom is -0.339 e. The molecule has 1 amide bonds. The van der Waals surface area contributed by atoms with Gasteiger partial charge in [0.25, 0.3) is 0 Å². The van der Waals surface area contributed by atoms with Crippen LogP contribution < -0.4 is 5.32 Å². The van der Waals surface area contributed by atoms with Crippen LogP contribution >= 0.6 is 23.7 Å². The van der Waals surface area contributed by atoms with Gasteiger partial charge in [0.2, 0.25) is 5.91 Å². The van der Waals surface area contributed by atoms with E-state index in [1.54, 1.807) is 11.3 Å². The molecule has 0 aromatic carbocycles. The van der Waals surface area contributed by atoms with Crippen molar-refractivity contribution in [3.63, 3.8) is 0 Å². The summed E-state index contributed by atoms with van der Waals surface area (Å²) in [7, 11) is 0. The lowest BCUT2D eigenvalue weighted by molar-refractivity contribution is -0.141. The zero-order chi connectivity index (χ0) is 14.0. The Morgan fingerprint density at radius 1 is 1.38 bits per heavy atom. The van der Waals surface area contributed by atoms with Crippen molar-refractivity contribution in [1.29, 1.82) is 0 Å². The third kappa shape index (κ3) is 3.79. The standard InChI is InChI=1S/C16H24N2OS.ClH/c1-13(10-14-3-9-20-11-14)18-12-16(4-2-15(18)19)5-7-17-8-6-16;/h3,9,11,13,17H,2,4-8,10,12H2,1H3;1H. The summed E-state index contributed by atoms with van der Waals surface area (Å²) in [4.78, 5) is 14.5. The van der Waals surface area contributed by atoms with Crippen LogP contribution in [-0.2, 0) is 11.2 Å². The van der Waals surface area contributed by atoms with Crippen molar-refractivity contribution in [2.24, 2.45) is 5.41 Å². The van der Waals surface area contributed by atoms with Crippen LogP contribution in [0.3, 0.4) is 0 Å². The van der Waals surface area contributed by atoms with Crippen LogP contribution in [0.25, 0.3) is 0 Å². The van der Waals surface area contributed by atoms with Gasteiger partial charge in [-0.3, -0.25) is 4.79 Å². The Bertz CT molecular complexity index is 457. The molecule has 2 aliphatic heterocycles. The Kier molecular flexibility index (Phi) is 5.69. The van der Waals surface area contributed by atoms with Crippen molar-refractivity contribution in [2.45, 2.75) is 45.1 Å². The van der Waals surface area contributed by atoms with Crippen molar-refractivity contribution in [1.82, 2.24) is 10.2 Å². The maximum Gasteiger partial charge on any atom is 0.222 e. The van der Waals surface area contributed by atoms with Gasteiger partial charge in [0.05, 0.1) is 0 Å². The number of hydrogen-bond donors (Lipinski definition) is 1. The minimum atomic E-state index is 0. The molecule has 1 atom stereocenters. The zero-order valence-electron chi connectivity index (χ0n) is 12.6. The average molecular weight is 329 g/mol. The fourth-order valence-electron chi connectivity index (χ4n) is 3.67. The van der Waals surface area contributed by atoms with Gasteiger partial charge in [-0.05, 0) is 73.5 Å². The molecular weight excluding hydrogens is 304 g/mol. The second kappa shape index (κ2) is 7.12. The first-order valence-electron chi connectivity index (χ1n) is 7.70. The van der Waals surface area contributed by atoms with Crippen molar-refractivity contribution in [3.8, 4) is 0 Å². The Hall–Kier alpha value is -0.580. The van der Waals surface area contributed by atoms with E-state index in [1.807, 2.05) is 0 Å². The number of carbonyl (C=O) groups excluding carboxylic acids is 1. The molecule has 2 saturated heterocycles. The highest BCUT2D eigenvalue weighted by atomic mass is 35.5. The third-order valence-electron chi connectivity index (χ3n) is 5.00. The van der Waals surface area contributed by atoms with E-state index >= 15 is 0 Å². The number of carbonyl (C=O) groups is 1. The zero-order valence-corrected chi connectivity index (χ0v) is 14.3. The lowest BCUT2D eigenvalue weighted by atomic mass is 9.72. The van der Waals surface area contributed by atoms with E-state index < -0.39 is 0 Å². The summed E-state index contributed by atoms with van der Waals surface area (Å²) in [6.45, 7) is 5.40. The fraction of sp³-hybridized carbons (Fsp3) is 0.688. The molecule has 3 heterocycles. The van der Waals surface area contributed by atoms with Crippen molar-refractivity contribution in [3.05, 3.63) is 22.4 Å². The summed E-state index contributed by atoms with van der Waals surface area (Å²) in [5, 5.41) is 7.76. The average Bonchev–Trinajstić information content (AvgIpc) is 2.96. The molecule has 3 nitrogen and oxygen atoms in total. The van der Waals surface area contributed by atoms with Crippen LogP contribution in [0, 0.1) is 5.41 Å². The molecule has 2 aliphatic rings. The Balaban J connectivity index is 0.00000161. The lowest BCUT2D eigenvalue weighted by Gasteiger charge is -2.47. The number of likely N-dealkylation sites (tertiary alicyclic amines) is 1. The molecule has 5 heteroatoms. The molecule has 0 bridgehead atoms.